The van der Waals surface area contributed by atoms with E-state index in [-0.39, 0.29) is 11.9 Å². The van der Waals surface area contributed by atoms with Gasteiger partial charge >= 0.3 is 6.36 Å². The molecule has 0 aliphatic carbocycles. The quantitative estimate of drug-likeness (QED) is 0.724. The molecule has 3 N–H and O–H groups in total. The van der Waals surface area contributed by atoms with Crippen molar-refractivity contribution >= 4 is 22.7 Å². The number of alkyl halides is 3. The van der Waals surface area contributed by atoms with Gasteiger partial charge in [-0.15, -0.1) is 13.2 Å². The molecule has 1 fully saturated rings. The van der Waals surface area contributed by atoms with Crippen LogP contribution in [0.5, 0.6) is 11.5 Å². The summed E-state index contributed by atoms with van der Waals surface area (Å²) in [7, 11) is 0. The fourth-order valence-electron chi connectivity index (χ4n) is 3.19. The number of nitrogens with one attached hydrogen (secondary N) is 1. The predicted octanol–water partition coefficient (Wildman–Crippen LogP) is 3.70. The third-order valence-electron chi connectivity index (χ3n) is 4.35. The molecule has 9 heteroatoms. The Hall–Kier alpha value is -3.10. The molecule has 0 saturated carbocycles. The monoisotopic (exact) mass is 378 g/mol. The minimum atomic E-state index is -4.70. The molecular weight excluding hydrogens is 361 g/mol. The summed E-state index contributed by atoms with van der Waals surface area (Å²) in [6, 6.07) is 11.3. The first-order valence-corrected chi connectivity index (χ1v) is 8.38. The van der Waals surface area contributed by atoms with Crippen molar-refractivity contribution in [1.82, 2.24) is 9.97 Å². The lowest BCUT2D eigenvalue weighted by Gasteiger charge is -2.19. The number of aromatic amines is 1. The van der Waals surface area contributed by atoms with Crippen LogP contribution in [0.3, 0.4) is 0 Å². The molecule has 1 aromatic heterocycles. The molecule has 1 aliphatic rings. The van der Waals surface area contributed by atoms with Gasteiger partial charge in [-0.3, -0.25) is 0 Å². The maximum absolute atomic E-state index is 12.2. The number of aromatic nitrogens is 2. The van der Waals surface area contributed by atoms with Crippen LogP contribution in [0, 0.1) is 0 Å². The molecule has 0 radical (unpaired) electrons. The zero-order chi connectivity index (χ0) is 19.0. The van der Waals surface area contributed by atoms with E-state index in [0.717, 1.165) is 29.7 Å². The predicted molar refractivity (Wildman–Crippen MR) is 94.9 cm³/mol. The summed E-state index contributed by atoms with van der Waals surface area (Å²) in [6.45, 7) is 1.49. The van der Waals surface area contributed by atoms with Gasteiger partial charge < -0.3 is 25.1 Å². The molecule has 0 amide bonds. The fourth-order valence-corrected chi connectivity index (χ4v) is 3.19. The lowest BCUT2D eigenvalue weighted by Crippen LogP contribution is -2.24. The molecule has 2 heterocycles. The van der Waals surface area contributed by atoms with Gasteiger partial charge in [0.05, 0.1) is 17.6 Å². The van der Waals surface area contributed by atoms with Gasteiger partial charge in [0, 0.05) is 18.7 Å². The highest BCUT2D eigenvalue weighted by atomic mass is 19.4. The van der Waals surface area contributed by atoms with Crippen LogP contribution >= 0.6 is 0 Å². The molecule has 0 bridgehead atoms. The van der Waals surface area contributed by atoms with Gasteiger partial charge in [0.25, 0.3) is 0 Å². The van der Waals surface area contributed by atoms with Gasteiger partial charge in [0.1, 0.15) is 17.6 Å². The van der Waals surface area contributed by atoms with E-state index in [9.17, 15) is 13.2 Å². The minimum Gasteiger partial charge on any atom is -0.489 e. The van der Waals surface area contributed by atoms with Crippen molar-refractivity contribution in [2.24, 2.45) is 0 Å². The number of H-pyrrole nitrogens is 1. The van der Waals surface area contributed by atoms with Crippen molar-refractivity contribution in [3.05, 3.63) is 42.5 Å². The Morgan fingerprint density at radius 3 is 2.59 bits per heavy atom. The van der Waals surface area contributed by atoms with Crippen LogP contribution in [-0.4, -0.2) is 35.5 Å². The molecular formula is C18H17F3N4O2. The van der Waals surface area contributed by atoms with Crippen LogP contribution in [0.1, 0.15) is 6.42 Å². The number of anilines is 2. The van der Waals surface area contributed by atoms with Crippen LogP contribution in [0.4, 0.5) is 24.8 Å². The SMILES string of the molecule is Nc1nc2ccc(N3CCC(Oc4ccc(OC(F)(F)F)cc4)C3)cc2[nH]1. The van der Waals surface area contributed by atoms with Gasteiger partial charge in [0.15, 0.2) is 5.95 Å². The van der Waals surface area contributed by atoms with E-state index in [1.165, 1.54) is 24.3 Å². The highest BCUT2D eigenvalue weighted by Crippen LogP contribution is 2.28. The molecule has 0 spiro atoms. The first-order valence-electron chi connectivity index (χ1n) is 8.38. The van der Waals surface area contributed by atoms with E-state index < -0.39 is 6.36 Å². The first kappa shape index (κ1) is 17.3. The lowest BCUT2D eigenvalue weighted by molar-refractivity contribution is -0.274. The molecule has 1 aliphatic heterocycles. The topological polar surface area (TPSA) is 76.4 Å². The Bertz CT molecular complexity index is 940. The van der Waals surface area contributed by atoms with Gasteiger partial charge in [0.2, 0.25) is 0 Å². The number of fused-ring (bicyclic) bond motifs is 1. The van der Waals surface area contributed by atoms with E-state index in [1.807, 2.05) is 18.2 Å². The number of nitrogens with two attached hydrogens (primary N) is 1. The van der Waals surface area contributed by atoms with Crippen molar-refractivity contribution in [3.63, 3.8) is 0 Å². The molecule has 1 saturated heterocycles. The number of imidazole rings is 1. The minimum absolute atomic E-state index is 0.0538. The number of hydrogen-bond donors (Lipinski definition) is 2. The molecule has 142 valence electrons. The Morgan fingerprint density at radius 1 is 1.11 bits per heavy atom. The van der Waals surface area contributed by atoms with Crippen molar-refractivity contribution in [3.8, 4) is 11.5 Å². The van der Waals surface area contributed by atoms with Gasteiger partial charge in [-0.25, -0.2) is 4.98 Å². The molecule has 3 aromatic rings. The van der Waals surface area contributed by atoms with Crippen LogP contribution in [0.2, 0.25) is 0 Å². The van der Waals surface area contributed by atoms with Crippen LogP contribution in [0.25, 0.3) is 11.0 Å². The molecule has 1 unspecified atom stereocenters. The summed E-state index contributed by atoms with van der Waals surface area (Å²) in [5.74, 6) is 0.617. The molecule has 2 aromatic carbocycles. The Kier molecular flexibility index (Phi) is 4.21. The number of nitrogens with zero attached hydrogens (tertiary/aromatic N) is 2. The molecule has 27 heavy (non-hydrogen) atoms. The maximum atomic E-state index is 12.2. The number of hydrogen-bond acceptors (Lipinski definition) is 5. The van der Waals surface area contributed by atoms with Crippen molar-refractivity contribution in [2.75, 3.05) is 23.7 Å². The highest BCUT2D eigenvalue weighted by molar-refractivity contribution is 5.81. The maximum Gasteiger partial charge on any atom is 0.573 e. The standard InChI is InChI=1S/C18H17F3N4O2/c19-18(20,21)27-13-4-2-12(3-5-13)26-14-7-8-25(10-14)11-1-6-15-16(9-11)24-17(22)23-15/h1-6,9,14H,7-8,10H2,(H3,22,23,24). The van der Waals surface area contributed by atoms with Gasteiger partial charge in [-0.05, 0) is 42.5 Å². The van der Waals surface area contributed by atoms with Crippen LogP contribution in [0.15, 0.2) is 42.5 Å². The average molecular weight is 378 g/mol. The van der Waals surface area contributed by atoms with E-state index in [1.54, 1.807) is 0 Å². The number of rotatable bonds is 4. The van der Waals surface area contributed by atoms with Gasteiger partial charge in [-0.2, -0.15) is 0 Å². The summed E-state index contributed by atoms with van der Waals surface area (Å²) < 4.78 is 46.3. The summed E-state index contributed by atoms with van der Waals surface area (Å²) in [6.07, 6.45) is -3.94. The van der Waals surface area contributed by atoms with E-state index >= 15 is 0 Å². The number of halogens is 3. The van der Waals surface area contributed by atoms with Crippen molar-refractivity contribution < 1.29 is 22.6 Å². The summed E-state index contributed by atoms with van der Waals surface area (Å²) >= 11 is 0. The summed E-state index contributed by atoms with van der Waals surface area (Å²) in [5, 5.41) is 0. The number of benzene rings is 2. The number of nitrogen functional groups attached to an aromatic ring is 1. The van der Waals surface area contributed by atoms with E-state index in [0.29, 0.717) is 18.2 Å². The second-order valence-corrected chi connectivity index (χ2v) is 6.32. The third-order valence-corrected chi connectivity index (χ3v) is 4.35. The lowest BCUT2D eigenvalue weighted by atomic mass is 10.2. The smallest absolute Gasteiger partial charge is 0.489 e. The summed E-state index contributed by atoms with van der Waals surface area (Å²) in [5.41, 5.74) is 8.39. The van der Waals surface area contributed by atoms with Crippen LogP contribution < -0.4 is 20.1 Å². The normalized spacial score (nSPS) is 17.4. The molecule has 6 nitrogen and oxygen atoms in total. The molecule has 4 rings (SSSR count). The average Bonchev–Trinajstić information content (AvgIpc) is 3.20. The van der Waals surface area contributed by atoms with Crippen molar-refractivity contribution in [1.29, 1.82) is 0 Å². The zero-order valence-corrected chi connectivity index (χ0v) is 14.2. The highest BCUT2D eigenvalue weighted by Gasteiger charge is 2.31. The summed E-state index contributed by atoms with van der Waals surface area (Å²) in [4.78, 5) is 9.37. The van der Waals surface area contributed by atoms with E-state index in [4.69, 9.17) is 10.5 Å². The zero-order valence-electron chi connectivity index (χ0n) is 14.2. The second kappa shape index (κ2) is 6.57. The fraction of sp³-hybridized carbons (Fsp3) is 0.278. The number of ether oxygens (including phenoxy) is 2. The third kappa shape index (κ3) is 4.02. The Balaban J connectivity index is 1.39. The van der Waals surface area contributed by atoms with E-state index in [2.05, 4.69) is 19.6 Å². The van der Waals surface area contributed by atoms with Gasteiger partial charge in [-0.1, -0.05) is 0 Å². The van der Waals surface area contributed by atoms with Crippen LogP contribution in [-0.2, 0) is 0 Å². The Labute approximate surface area is 152 Å². The second-order valence-electron chi connectivity index (χ2n) is 6.32. The Morgan fingerprint density at radius 2 is 1.85 bits per heavy atom. The first-order chi connectivity index (χ1) is 12.9. The molecule has 1 atom stereocenters. The van der Waals surface area contributed by atoms with Crippen molar-refractivity contribution in [2.45, 2.75) is 18.9 Å². The largest absolute Gasteiger partial charge is 0.573 e.